The van der Waals surface area contributed by atoms with Gasteiger partial charge in [0.2, 0.25) is 5.78 Å². The summed E-state index contributed by atoms with van der Waals surface area (Å²) in [6, 6.07) is 3.49. The van der Waals surface area contributed by atoms with E-state index in [0.717, 1.165) is 24.8 Å². The Morgan fingerprint density at radius 1 is 1.20 bits per heavy atom. The number of nitrogens with zero attached hydrogens (tertiary/aromatic N) is 1. The van der Waals surface area contributed by atoms with Gasteiger partial charge in [0, 0.05) is 12.7 Å². The summed E-state index contributed by atoms with van der Waals surface area (Å²) in [5.41, 5.74) is 2.16. The number of allylic oxidation sites excluding steroid dienone is 2. The van der Waals surface area contributed by atoms with E-state index in [4.69, 9.17) is 5.11 Å². The number of hydrogen-bond acceptors (Lipinski definition) is 2. The summed E-state index contributed by atoms with van der Waals surface area (Å²) < 4.78 is 1.72. The summed E-state index contributed by atoms with van der Waals surface area (Å²) in [6.07, 6.45) is 12.9. The van der Waals surface area contributed by atoms with Gasteiger partial charge >= 0.3 is 5.97 Å². The number of carboxylic acid groups (broad SMARTS) is 1. The maximum atomic E-state index is 12.7. The maximum absolute atomic E-state index is 12.7. The number of carbonyl (C=O) groups is 2. The van der Waals surface area contributed by atoms with Crippen LogP contribution in [0.25, 0.3) is 0 Å². The second-order valence-electron chi connectivity index (χ2n) is 7.24. The molecule has 0 bridgehead atoms. The highest BCUT2D eigenvalue weighted by Gasteiger charge is 2.22. The first kappa shape index (κ1) is 19.5. The molecule has 138 valence electrons. The molecule has 0 saturated heterocycles. The second kappa shape index (κ2) is 9.59. The molecule has 0 aliphatic heterocycles. The normalized spacial score (nSPS) is 17.4. The van der Waals surface area contributed by atoms with Crippen molar-refractivity contribution in [2.24, 2.45) is 13.0 Å². The largest absolute Gasteiger partial charge is 0.481 e. The zero-order chi connectivity index (χ0) is 18.2. The van der Waals surface area contributed by atoms with Crippen molar-refractivity contribution < 1.29 is 14.7 Å². The van der Waals surface area contributed by atoms with Gasteiger partial charge in [0.1, 0.15) is 0 Å². The Morgan fingerprint density at radius 2 is 1.96 bits per heavy atom. The van der Waals surface area contributed by atoms with Crippen LogP contribution in [0, 0.1) is 5.92 Å². The number of aliphatic carboxylic acids is 1. The average Bonchev–Trinajstić information content (AvgIpc) is 2.95. The lowest BCUT2D eigenvalue weighted by molar-refractivity contribution is -0.136. The van der Waals surface area contributed by atoms with Gasteiger partial charge in [0.15, 0.2) is 0 Å². The lowest BCUT2D eigenvalue weighted by Gasteiger charge is -2.21. The van der Waals surface area contributed by atoms with Crippen LogP contribution in [-0.4, -0.2) is 21.4 Å². The van der Waals surface area contributed by atoms with Gasteiger partial charge in [-0.3, -0.25) is 9.59 Å². The number of aromatic nitrogens is 1. The minimum Gasteiger partial charge on any atom is -0.481 e. The molecule has 1 aliphatic carbocycles. The quantitative estimate of drug-likeness (QED) is 0.483. The van der Waals surface area contributed by atoms with E-state index in [1.807, 2.05) is 0 Å². The van der Waals surface area contributed by atoms with Gasteiger partial charge in [-0.2, -0.15) is 0 Å². The van der Waals surface area contributed by atoms with Gasteiger partial charge in [0.25, 0.3) is 0 Å². The molecule has 1 N–H and O–H groups in total. The van der Waals surface area contributed by atoms with Gasteiger partial charge in [0.05, 0.1) is 12.1 Å². The Hall–Kier alpha value is -1.84. The maximum Gasteiger partial charge on any atom is 0.309 e. The van der Waals surface area contributed by atoms with Crippen LogP contribution in [0.2, 0.25) is 0 Å². The van der Waals surface area contributed by atoms with E-state index in [1.54, 1.807) is 23.7 Å². The van der Waals surface area contributed by atoms with Crippen molar-refractivity contribution in [1.29, 1.82) is 0 Å². The average molecular weight is 345 g/mol. The molecule has 0 saturated carbocycles. The van der Waals surface area contributed by atoms with Crippen LogP contribution in [0.4, 0.5) is 0 Å². The van der Waals surface area contributed by atoms with Crippen LogP contribution in [0.1, 0.15) is 80.9 Å². The first-order valence-corrected chi connectivity index (χ1v) is 9.63. The second-order valence-corrected chi connectivity index (χ2v) is 7.24. The van der Waals surface area contributed by atoms with Crippen LogP contribution in [-0.2, 0) is 18.3 Å². The molecule has 1 heterocycles. The minimum absolute atomic E-state index is 0.0526. The minimum atomic E-state index is -0.876. The van der Waals surface area contributed by atoms with Crippen molar-refractivity contribution in [2.45, 2.75) is 71.1 Å². The third-order valence-corrected chi connectivity index (χ3v) is 5.32. The third-order valence-electron chi connectivity index (χ3n) is 5.32. The highest BCUT2D eigenvalue weighted by Crippen LogP contribution is 2.29. The summed E-state index contributed by atoms with van der Waals surface area (Å²) >= 11 is 0. The lowest BCUT2D eigenvalue weighted by Crippen LogP contribution is -2.15. The SMILES string of the molecule is CCCCCCCC1CC=C(C(=O)c2ccc(CC(=O)O)n2C)CC1. The number of rotatable bonds is 10. The summed E-state index contributed by atoms with van der Waals surface area (Å²) in [6.45, 7) is 2.24. The standard InChI is InChI=1S/C21H31NO3/c1-3-4-5-6-7-8-16-9-11-17(12-10-16)21(25)19-14-13-18(22(19)2)15-20(23)24/h11,13-14,16H,3-10,12,15H2,1-2H3,(H,23,24). The molecule has 1 aromatic heterocycles. The molecule has 0 radical (unpaired) electrons. The van der Waals surface area contributed by atoms with Gasteiger partial charge in [-0.05, 0) is 42.9 Å². The fourth-order valence-electron chi connectivity index (χ4n) is 3.67. The highest BCUT2D eigenvalue weighted by molar-refractivity contribution is 6.07. The van der Waals surface area contributed by atoms with Crippen LogP contribution in [0.3, 0.4) is 0 Å². The first-order valence-electron chi connectivity index (χ1n) is 9.63. The van der Waals surface area contributed by atoms with E-state index in [1.165, 1.54) is 38.5 Å². The first-order chi connectivity index (χ1) is 12.0. The topological polar surface area (TPSA) is 59.3 Å². The summed E-state index contributed by atoms with van der Waals surface area (Å²) in [7, 11) is 1.77. The van der Waals surface area contributed by atoms with E-state index in [-0.39, 0.29) is 12.2 Å². The van der Waals surface area contributed by atoms with Crippen LogP contribution >= 0.6 is 0 Å². The van der Waals surface area contributed by atoms with E-state index in [2.05, 4.69) is 13.0 Å². The molecule has 2 rings (SSSR count). The number of carboxylic acids is 1. The van der Waals surface area contributed by atoms with Gasteiger partial charge < -0.3 is 9.67 Å². The molecule has 1 aliphatic rings. The Bertz CT molecular complexity index is 627. The van der Waals surface area contributed by atoms with Crippen molar-refractivity contribution in [3.05, 3.63) is 35.2 Å². The molecule has 0 fully saturated rings. The summed E-state index contributed by atoms with van der Waals surface area (Å²) in [4.78, 5) is 23.6. The number of carbonyl (C=O) groups excluding carboxylic acids is 1. The zero-order valence-electron chi connectivity index (χ0n) is 15.6. The molecule has 1 unspecified atom stereocenters. The molecule has 4 heteroatoms. The number of ketones is 1. The van der Waals surface area contributed by atoms with Crippen molar-refractivity contribution in [2.75, 3.05) is 0 Å². The molecule has 25 heavy (non-hydrogen) atoms. The molecule has 1 aromatic rings. The van der Waals surface area contributed by atoms with Crippen molar-refractivity contribution in [3.8, 4) is 0 Å². The fourth-order valence-corrected chi connectivity index (χ4v) is 3.67. The third kappa shape index (κ3) is 5.58. The van der Waals surface area contributed by atoms with Gasteiger partial charge in [-0.25, -0.2) is 0 Å². The summed E-state index contributed by atoms with van der Waals surface area (Å²) in [5.74, 6) is -0.103. The van der Waals surface area contributed by atoms with Gasteiger partial charge in [-0.1, -0.05) is 51.5 Å². The molecule has 0 amide bonds. The van der Waals surface area contributed by atoms with Gasteiger partial charge in [-0.15, -0.1) is 0 Å². The number of Topliss-reactive ketones (excluding diaryl/α,β-unsaturated/α-hetero) is 1. The molecular weight excluding hydrogens is 314 g/mol. The fraction of sp³-hybridized carbons (Fsp3) is 0.619. The predicted octanol–water partition coefficient (Wildman–Crippen LogP) is 4.92. The molecule has 0 spiro atoms. The Balaban J connectivity index is 1.87. The Morgan fingerprint density at radius 3 is 2.60 bits per heavy atom. The van der Waals surface area contributed by atoms with Crippen LogP contribution in [0.5, 0.6) is 0 Å². The molecular formula is C21H31NO3. The molecule has 0 aromatic carbocycles. The Kier molecular flexibility index (Phi) is 7.48. The van der Waals surface area contributed by atoms with Crippen molar-refractivity contribution in [1.82, 2.24) is 4.57 Å². The van der Waals surface area contributed by atoms with Crippen molar-refractivity contribution >= 4 is 11.8 Å². The lowest BCUT2D eigenvalue weighted by atomic mass is 9.84. The molecule has 4 nitrogen and oxygen atoms in total. The van der Waals surface area contributed by atoms with E-state index in [0.29, 0.717) is 17.3 Å². The zero-order valence-corrected chi connectivity index (χ0v) is 15.6. The van der Waals surface area contributed by atoms with E-state index < -0.39 is 5.97 Å². The van der Waals surface area contributed by atoms with Crippen LogP contribution < -0.4 is 0 Å². The number of unbranched alkanes of at least 4 members (excludes halogenated alkanes) is 4. The summed E-state index contributed by atoms with van der Waals surface area (Å²) in [5, 5.41) is 8.93. The van der Waals surface area contributed by atoms with E-state index >= 15 is 0 Å². The predicted molar refractivity (Wildman–Crippen MR) is 99.9 cm³/mol. The van der Waals surface area contributed by atoms with E-state index in [9.17, 15) is 9.59 Å². The number of hydrogen-bond donors (Lipinski definition) is 1. The monoisotopic (exact) mass is 345 g/mol. The van der Waals surface area contributed by atoms with Crippen LogP contribution in [0.15, 0.2) is 23.8 Å². The van der Waals surface area contributed by atoms with Crippen molar-refractivity contribution in [3.63, 3.8) is 0 Å². The molecule has 1 atom stereocenters. The highest BCUT2D eigenvalue weighted by atomic mass is 16.4. The smallest absolute Gasteiger partial charge is 0.309 e. The Labute approximate surface area is 150 Å².